The van der Waals surface area contributed by atoms with Crippen molar-refractivity contribution >= 4 is 23.4 Å². The summed E-state index contributed by atoms with van der Waals surface area (Å²) in [5.74, 6) is -0.907. The molecule has 0 amide bonds. The normalized spacial score (nSPS) is 11.8. The third kappa shape index (κ3) is 7.10. The number of rotatable bonds is 8. The molecule has 1 N–H and O–H groups in total. The Morgan fingerprint density at radius 1 is 1.32 bits per heavy atom. The quantitative estimate of drug-likeness (QED) is 0.743. The maximum absolute atomic E-state index is 10.4. The van der Waals surface area contributed by atoms with E-state index in [9.17, 15) is 4.79 Å². The summed E-state index contributed by atoms with van der Waals surface area (Å²) in [6.45, 7) is 3.08. The lowest BCUT2D eigenvalue weighted by molar-refractivity contribution is -0.131. The van der Waals surface area contributed by atoms with E-state index in [2.05, 4.69) is 37.0 Å². The van der Waals surface area contributed by atoms with Crippen LogP contribution in [-0.2, 0) is 11.3 Å². The third-order valence-corrected chi connectivity index (χ3v) is 3.68. The van der Waals surface area contributed by atoms with Gasteiger partial charge in [0.05, 0.1) is 0 Å². The molecule has 0 spiro atoms. The van der Waals surface area contributed by atoms with Crippen molar-refractivity contribution < 1.29 is 9.90 Å². The molecule has 1 aromatic heterocycles. The summed E-state index contributed by atoms with van der Waals surface area (Å²) in [4.78, 5) is 17.2. The van der Waals surface area contributed by atoms with Crippen LogP contribution < -0.4 is 0 Å². The average molecular weight is 282 g/mol. The number of carboxylic acids is 1. The number of carbonyl (C=O) groups is 1. The second-order valence-electron chi connectivity index (χ2n) is 4.87. The van der Waals surface area contributed by atoms with Crippen LogP contribution in [0.5, 0.6) is 0 Å². The van der Waals surface area contributed by atoms with Gasteiger partial charge in [0.1, 0.15) is 0 Å². The minimum absolute atomic E-state index is 0.907. The maximum Gasteiger partial charge on any atom is 0.328 e. The summed E-state index contributed by atoms with van der Waals surface area (Å²) in [6, 6.07) is 4.03. The van der Waals surface area contributed by atoms with Gasteiger partial charge in [-0.1, -0.05) is 0 Å². The highest BCUT2D eigenvalue weighted by Crippen LogP contribution is 2.19. The molecule has 0 aliphatic heterocycles. The van der Waals surface area contributed by atoms with Crippen molar-refractivity contribution in [3.8, 4) is 0 Å². The fraction of sp³-hybridized carbons (Fsp3) is 0.500. The highest BCUT2D eigenvalue weighted by molar-refractivity contribution is 7.12. The Morgan fingerprint density at radius 2 is 2.05 bits per heavy atom. The molecule has 4 nitrogen and oxygen atoms in total. The van der Waals surface area contributed by atoms with Crippen LogP contribution >= 0.6 is 11.3 Å². The molecule has 0 bridgehead atoms. The molecule has 106 valence electrons. The Bertz CT molecular complexity index is 427. The van der Waals surface area contributed by atoms with E-state index < -0.39 is 5.97 Å². The summed E-state index contributed by atoms with van der Waals surface area (Å²) in [7, 11) is 6.28. The van der Waals surface area contributed by atoms with E-state index in [-0.39, 0.29) is 0 Å². The molecule has 5 heteroatoms. The minimum atomic E-state index is -0.907. The predicted octanol–water partition coefficient (Wildman–Crippen LogP) is 2.23. The van der Waals surface area contributed by atoms with Crippen molar-refractivity contribution in [3.63, 3.8) is 0 Å². The molecule has 19 heavy (non-hydrogen) atoms. The van der Waals surface area contributed by atoms with E-state index in [1.165, 1.54) is 11.0 Å². The van der Waals surface area contributed by atoms with Gasteiger partial charge in [-0.3, -0.25) is 0 Å². The Hall–Kier alpha value is -1.17. The van der Waals surface area contributed by atoms with Crippen molar-refractivity contribution in [1.29, 1.82) is 0 Å². The lowest BCUT2D eigenvalue weighted by Crippen LogP contribution is -2.23. The zero-order valence-corrected chi connectivity index (χ0v) is 12.6. The second-order valence-corrected chi connectivity index (χ2v) is 6.07. The molecule has 0 atom stereocenters. The summed E-state index contributed by atoms with van der Waals surface area (Å²) >= 11 is 1.64. The van der Waals surface area contributed by atoms with Crippen molar-refractivity contribution in [2.45, 2.75) is 13.0 Å². The van der Waals surface area contributed by atoms with Crippen molar-refractivity contribution in [2.24, 2.45) is 0 Å². The average Bonchev–Trinajstić information content (AvgIpc) is 2.73. The first-order valence-corrected chi connectivity index (χ1v) is 7.12. The van der Waals surface area contributed by atoms with Gasteiger partial charge in [-0.15, -0.1) is 11.3 Å². The first-order valence-electron chi connectivity index (χ1n) is 6.30. The number of thiophene rings is 1. The van der Waals surface area contributed by atoms with E-state index in [0.29, 0.717) is 0 Å². The third-order valence-electron chi connectivity index (χ3n) is 2.64. The molecule has 0 saturated carbocycles. The summed E-state index contributed by atoms with van der Waals surface area (Å²) in [5, 5.41) is 8.57. The molecule has 0 aliphatic carbocycles. The standard InChI is InChI=1S/C14H22N2O2S/c1-15(2)9-4-10-16(3)11-13-6-5-12(19-13)7-8-14(17)18/h5-8H,4,9-11H2,1-3H3,(H,17,18). The molecular formula is C14H22N2O2S. The van der Waals surface area contributed by atoms with Crippen molar-refractivity contribution in [1.82, 2.24) is 9.80 Å². The molecular weight excluding hydrogens is 260 g/mol. The number of aliphatic carboxylic acids is 1. The fourth-order valence-corrected chi connectivity index (χ4v) is 2.72. The zero-order chi connectivity index (χ0) is 14.3. The number of carboxylic acid groups (broad SMARTS) is 1. The van der Waals surface area contributed by atoms with Gasteiger partial charge < -0.3 is 14.9 Å². The van der Waals surface area contributed by atoms with E-state index >= 15 is 0 Å². The molecule has 0 unspecified atom stereocenters. The van der Waals surface area contributed by atoms with Gasteiger partial charge in [-0.05, 0) is 58.9 Å². The molecule has 1 heterocycles. The van der Waals surface area contributed by atoms with Crippen molar-refractivity contribution in [2.75, 3.05) is 34.2 Å². The van der Waals surface area contributed by atoms with E-state index in [1.807, 2.05) is 6.07 Å². The molecule has 1 aromatic rings. The first-order chi connectivity index (χ1) is 8.97. The fourth-order valence-electron chi connectivity index (χ4n) is 1.72. The predicted molar refractivity (Wildman–Crippen MR) is 80.5 cm³/mol. The summed E-state index contributed by atoms with van der Waals surface area (Å²) in [5.41, 5.74) is 0. The molecule has 0 aliphatic rings. The number of hydrogen-bond acceptors (Lipinski definition) is 4. The SMILES string of the molecule is CN(C)CCCN(C)Cc1ccc(C=CC(=O)O)s1. The zero-order valence-electron chi connectivity index (χ0n) is 11.8. The van der Waals surface area contributed by atoms with Gasteiger partial charge in [-0.25, -0.2) is 4.79 Å². The Morgan fingerprint density at radius 3 is 2.68 bits per heavy atom. The molecule has 0 saturated heterocycles. The van der Waals surface area contributed by atoms with Gasteiger partial charge in [0.15, 0.2) is 0 Å². The summed E-state index contributed by atoms with van der Waals surface area (Å²) in [6.07, 6.45) is 3.97. The van der Waals surface area contributed by atoms with Gasteiger partial charge in [0.2, 0.25) is 0 Å². The Labute approximate surface area is 119 Å². The van der Waals surface area contributed by atoms with Crippen LogP contribution in [0.15, 0.2) is 18.2 Å². The van der Waals surface area contributed by atoms with Crippen LogP contribution in [0.3, 0.4) is 0 Å². The monoisotopic (exact) mass is 282 g/mol. The van der Waals surface area contributed by atoms with Crippen LogP contribution in [0.25, 0.3) is 6.08 Å². The van der Waals surface area contributed by atoms with Gasteiger partial charge >= 0.3 is 5.97 Å². The van der Waals surface area contributed by atoms with E-state index in [0.717, 1.165) is 30.9 Å². The molecule has 0 fully saturated rings. The van der Waals surface area contributed by atoms with Crippen LogP contribution in [0.1, 0.15) is 16.2 Å². The van der Waals surface area contributed by atoms with Crippen LogP contribution in [0.4, 0.5) is 0 Å². The van der Waals surface area contributed by atoms with E-state index in [1.54, 1.807) is 17.4 Å². The van der Waals surface area contributed by atoms with Gasteiger partial charge in [0, 0.05) is 22.4 Å². The molecule has 0 radical (unpaired) electrons. The number of nitrogens with zero attached hydrogens (tertiary/aromatic N) is 2. The smallest absolute Gasteiger partial charge is 0.328 e. The summed E-state index contributed by atoms with van der Waals surface area (Å²) < 4.78 is 0. The minimum Gasteiger partial charge on any atom is -0.478 e. The lowest BCUT2D eigenvalue weighted by atomic mass is 10.3. The van der Waals surface area contributed by atoms with Gasteiger partial charge in [0.25, 0.3) is 0 Å². The second kappa shape index (κ2) is 8.09. The highest BCUT2D eigenvalue weighted by atomic mass is 32.1. The van der Waals surface area contributed by atoms with E-state index in [4.69, 9.17) is 5.11 Å². The largest absolute Gasteiger partial charge is 0.478 e. The van der Waals surface area contributed by atoms with Crippen LogP contribution in [0.2, 0.25) is 0 Å². The highest BCUT2D eigenvalue weighted by Gasteiger charge is 2.03. The Kier molecular flexibility index (Phi) is 6.77. The van der Waals surface area contributed by atoms with Crippen LogP contribution in [0, 0.1) is 0 Å². The molecule has 1 rings (SSSR count). The maximum atomic E-state index is 10.4. The Balaban J connectivity index is 2.38. The first kappa shape index (κ1) is 15.9. The van der Waals surface area contributed by atoms with Crippen LogP contribution in [-0.4, -0.2) is 55.1 Å². The lowest BCUT2D eigenvalue weighted by Gasteiger charge is -2.17. The molecule has 0 aromatic carbocycles. The number of hydrogen-bond donors (Lipinski definition) is 1. The van der Waals surface area contributed by atoms with Crippen molar-refractivity contribution in [3.05, 3.63) is 28.0 Å². The topological polar surface area (TPSA) is 43.8 Å². The van der Waals surface area contributed by atoms with Gasteiger partial charge in [-0.2, -0.15) is 0 Å².